The molecule has 0 aromatic rings. The molecule has 0 aliphatic carbocycles. The minimum Gasteiger partial charge on any atom is -0.481 e. The van der Waals surface area contributed by atoms with Gasteiger partial charge in [-0.1, -0.05) is 0 Å². The summed E-state index contributed by atoms with van der Waals surface area (Å²) in [5.41, 5.74) is 4.17. The van der Waals surface area contributed by atoms with Gasteiger partial charge >= 0.3 is 5.97 Å². The van der Waals surface area contributed by atoms with Crippen molar-refractivity contribution in [2.75, 3.05) is 7.05 Å². The van der Waals surface area contributed by atoms with Gasteiger partial charge in [0.15, 0.2) is 0 Å². The fraction of sp³-hybridized carbons (Fsp3) is 0.700. The van der Waals surface area contributed by atoms with Crippen LogP contribution < -0.4 is 10.7 Å². The van der Waals surface area contributed by atoms with E-state index in [9.17, 15) is 9.90 Å². The lowest BCUT2D eigenvalue weighted by atomic mass is 9.86. The Morgan fingerprint density at radius 1 is 1.53 bits per heavy atom. The lowest BCUT2D eigenvalue weighted by Gasteiger charge is -2.30. The monoisotopic (exact) mass is 211 g/mol. The van der Waals surface area contributed by atoms with Crippen molar-refractivity contribution < 1.29 is 9.90 Å². The van der Waals surface area contributed by atoms with E-state index >= 15 is 0 Å². The molecule has 84 valence electrons. The highest BCUT2D eigenvalue weighted by molar-refractivity contribution is 5.75. The van der Waals surface area contributed by atoms with E-state index in [1.54, 1.807) is 0 Å². The minimum atomic E-state index is -0.722. The van der Waals surface area contributed by atoms with Crippen LogP contribution in [-0.4, -0.2) is 35.2 Å². The predicted octanol–water partition coefficient (Wildman–Crippen LogP) is 0.119. The van der Waals surface area contributed by atoms with E-state index in [1.165, 1.54) is 0 Å². The molecule has 2 aliphatic rings. The maximum Gasteiger partial charge on any atom is 0.310 e. The topological polar surface area (TPSA) is 64.6 Å². The second-order valence-electron chi connectivity index (χ2n) is 4.39. The average molecular weight is 211 g/mol. The van der Waals surface area contributed by atoms with Gasteiger partial charge in [0.1, 0.15) is 5.82 Å². The number of nitrogens with one attached hydrogen (secondary N) is 2. The first-order valence-corrected chi connectivity index (χ1v) is 5.24. The van der Waals surface area contributed by atoms with Crippen molar-refractivity contribution in [3.8, 4) is 0 Å². The number of hydrogen-bond donors (Lipinski definition) is 3. The van der Waals surface area contributed by atoms with Gasteiger partial charge in [0.25, 0.3) is 0 Å². The molecule has 0 saturated carbocycles. The summed E-state index contributed by atoms with van der Waals surface area (Å²) < 4.78 is 0. The zero-order valence-corrected chi connectivity index (χ0v) is 9.24. The fourth-order valence-electron chi connectivity index (χ4n) is 2.48. The lowest BCUT2D eigenvalue weighted by Crippen LogP contribution is -2.41. The second kappa shape index (κ2) is 3.41. The van der Waals surface area contributed by atoms with Crippen LogP contribution in [-0.2, 0) is 4.79 Å². The quantitative estimate of drug-likeness (QED) is 0.575. The zero-order valence-electron chi connectivity index (χ0n) is 9.24. The van der Waals surface area contributed by atoms with Gasteiger partial charge in [0.2, 0.25) is 0 Å². The standard InChI is InChI=1S/C10H17N3O2/c1-5-4-7(10(14)15)8-6(2)12-13(3)9(8)11-5/h5-7,11-12H,4H2,1-3H3,(H,14,15)/t5-,6?,7-/m1/s1. The molecular weight excluding hydrogens is 194 g/mol. The van der Waals surface area contributed by atoms with Crippen molar-refractivity contribution in [2.24, 2.45) is 5.92 Å². The maximum absolute atomic E-state index is 11.2. The molecule has 3 atom stereocenters. The molecule has 0 bridgehead atoms. The molecule has 2 rings (SSSR count). The van der Waals surface area contributed by atoms with Gasteiger partial charge in [-0.25, -0.2) is 5.43 Å². The van der Waals surface area contributed by atoms with Crippen molar-refractivity contribution >= 4 is 5.97 Å². The number of aliphatic carboxylic acids is 1. The highest BCUT2D eigenvalue weighted by Gasteiger charge is 2.39. The summed E-state index contributed by atoms with van der Waals surface area (Å²) in [6.07, 6.45) is 0.661. The van der Waals surface area contributed by atoms with Gasteiger partial charge in [-0.05, 0) is 20.3 Å². The summed E-state index contributed by atoms with van der Waals surface area (Å²) in [5.74, 6) is -0.142. The van der Waals surface area contributed by atoms with Crippen molar-refractivity contribution in [2.45, 2.75) is 32.4 Å². The number of carboxylic acids is 1. The molecule has 2 heterocycles. The number of rotatable bonds is 1. The Bertz CT molecular complexity index is 327. The number of nitrogens with zero attached hydrogens (tertiary/aromatic N) is 1. The Kier molecular flexibility index (Phi) is 2.34. The molecule has 0 radical (unpaired) electrons. The summed E-state index contributed by atoms with van der Waals surface area (Å²) in [6.45, 7) is 4.00. The van der Waals surface area contributed by atoms with Crippen molar-refractivity contribution in [1.82, 2.24) is 15.8 Å². The van der Waals surface area contributed by atoms with Gasteiger partial charge in [-0.2, -0.15) is 0 Å². The van der Waals surface area contributed by atoms with Crippen LogP contribution in [0.3, 0.4) is 0 Å². The first kappa shape index (κ1) is 10.3. The van der Waals surface area contributed by atoms with Gasteiger partial charge in [-0.3, -0.25) is 9.80 Å². The Hall–Kier alpha value is -1.23. The number of carboxylic acid groups (broad SMARTS) is 1. The summed E-state index contributed by atoms with van der Waals surface area (Å²) in [4.78, 5) is 11.2. The highest BCUT2D eigenvalue weighted by atomic mass is 16.4. The van der Waals surface area contributed by atoms with E-state index in [0.717, 1.165) is 11.4 Å². The Balaban J connectivity index is 2.38. The zero-order chi connectivity index (χ0) is 11.2. The average Bonchev–Trinajstić information content (AvgIpc) is 2.41. The summed E-state index contributed by atoms with van der Waals surface area (Å²) >= 11 is 0. The van der Waals surface area contributed by atoms with Crippen molar-refractivity contribution in [3.05, 3.63) is 11.4 Å². The molecule has 3 N–H and O–H groups in total. The number of carbonyl (C=O) groups is 1. The molecule has 5 nitrogen and oxygen atoms in total. The smallest absolute Gasteiger partial charge is 0.310 e. The third kappa shape index (κ3) is 1.56. The van der Waals surface area contributed by atoms with Crippen LogP contribution in [0.25, 0.3) is 0 Å². The molecule has 1 unspecified atom stereocenters. The molecule has 0 aromatic carbocycles. The Morgan fingerprint density at radius 3 is 2.80 bits per heavy atom. The predicted molar refractivity (Wildman–Crippen MR) is 55.7 cm³/mol. The molecular formula is C10H17N3O2. The van der Waals surface area contributed by atoms with Gasteiger partial charge in [-0.15, -0.1) is 0 Å². The van der Waals surface area contributed by atoms with Gasteiger partial charge < -0.3 is 10.4 Å². The van der Waals surface area contributed by atoms with Crippen LogP contribution in [0.4, 0.5) is 0 Å². The third-order valence-electron chi connectivity index (χ3n) is 3.11. The van der Waals surface area contributed by atoms with E-state index in [-0.39, 0.29) is 18.0 Å². The normalized spacial score (nSPS) is 35.1. The molecule has 0 amide bonds. The largest absolute Gasteiger partial charge is 0.481 e. The van der Waals surface area contributed by atoms with Crippen LogP contribution in [0.1, 0.15) is 20.3 Å². The van der Waals surface area contributed by atoms with E-state index in [4.69, 9.17) is 0 Å². The van der Waals surface area contributed by atoms with E-state index in [0.29, 0.717) is 6.42 Å². The Labute approximate surface area is 89.1 Å². The summed E-state index contributed by atoms with van der Waals surface area (Å²) in [5, 5.41) is 14.4. The van der Waals surface area contributed by atoms with Crippen LogP contribution in [0, 0.1) is 5.92 Å². The fourth-order valence-corrected chi connectivity index (χ4v) is 2.48. The van der Waals surface area contributed by atoms with E-state index in [1.807, 2.05) is 25.9 Å². The maximum atomic E-state index is 11.2. The van der Waals surface area contributed by atoms with Crippen LogP contribution in [0.5, 0.6) is 0 Å². The van der Waals surface area contributed by atoms with Crippen molar-refractivity contribution in [3.63, 3.8) is 0 Å². The van der Waals surface area contributed by atoms with Crippen LogP contribution in [0.15, 0.2) is 11.4 Å². The van der Waals surface area contributed by atoms with Crippen LogP contribution in [0.2, 0.25) is 0 Å². The summed E-state index contributed by atoms with van der Waals surface area (Å²) in [6, 6.07) is 0.311. The second-order valence-corrected chi connectivity index (χ2v) is 4.39. The first-order valence-electron chi connectivity index (χ1n) is 5.24. The van der Waals surface area contributed by atoms with Gasteiger partial charge in [0, 0.05) is 24.7 Å². The molecule has 0 spiro atoms. The number of hydrogen-bond acceptors (Lipinski definition) is 4. The first-order chi connectivity index (χ1) is 7.00. The lowest BCUT2D eigenvalue weighted by molar-refractivity contribution is -0.141. The van der Waals surface area contributed by atoms with Crippen molar-refractivity contribution in [1.29, 1.82) is 0 Å². The van der Waals surface area contributed by atoms with E-state index < -0.39 is 5.97 Å². The molecule has 0 aromatic heterocycles. The minimum absolute atomic E-state index is 0.103. The Morgan fingerprint density at radius 2 is 2.20 bits per heavy atom. The summed E-state index contributed by atoms with van der Waals surface area (Å²) in [7, 11) is 1.91. The third-order valence-corrected chi connectivity index (χ3v) is 3.11. The molecule has 15 heavy (non-hydrogen) atoms. The molecule has 5 heteroatoms. The molecule has 0 fully saturated rings. The molecule has 2 aliphatic heterocycles. The van der Waals surface area contributed by atoms with Crippen LogP contribution >= 0.6 is 0 Å². The molecule has 0 saturated heterocycles. The van der Waals surface area contributed by atoms with E-state index in [2.05, 4.69) is 10.7 Å². The highest BCUT2D eigenvalue weighted by Crippen LogP contribution is 2.32. The van der Waals surface area contributed by atoms with Gasteiger partial charge in [0.05, 0.1) is 5.92 Å². The SMILES string of the molecule is CC1NN(C)C2=C1[C@H](C(=O)O)C[C@@H](C)N2. The number of hydrazine groups is 1.